The zero-order valence-corrected chi connectivity index (χ0v) is 11.9. The van der Waals surface area contributed by atoms with Gasteiger partial charge in [0.1, 0.15) is 6.04 Å². The van der Waals surface area contributed by atoms with E-state index in [4.69, 9.17) is 0 Å². The van der Waals surface area contributed by atoms with E-state index < -0.39 is 6.04 Å². The molecule has 7 heteroatoms. The van der Waals surface area contributed by atoms with E-state index in [9.17, 15) is 14.4 Å². The molecule has 0 aromatic heterocycles. The van der Waals surface area contributed by atoms with Crippen LogP contribution in [0.2, 0.25) is 0 Å². The summed E-state index contributed by atoms with van der Waals surface area (Å²) in [4.78, 5) is 38.7. The number of nitrogens with one attached hydrogen (secondary N) is 2. The van der Waals surface area contributed by atoms with Gasteiger partial charge < -0.3 is 15.5 Å². The average molecular weight is 282 g/mol. The highest BCUT2D eigenvalue weighted by Gasteiger charge is 2.37. The molecular weight excluding hydrogens is 260 g/mol. The van der Waals surface area contributed by atoms with Crippen molar-refractivity contribution in [2.24, 2.45) is 0 Å². The lowest BCUT2D eigenvalue weighted by molar-refractivity contribution is -0.132. The molecule has 7 nitrogen and oxygen atoms in total. The normalized spacial score (nSPS) is 23.1. The average Bonchev–Trinajstić information content (AvgIpc) is 2.72. The summed E-state index contributed by atoms with van der Waals surface area (Å²) in [6.45, 7) is 5.12. The molecule has 2 fully saturated rings. The lowest BCUT2D eigenvalue weighted by atomic mass is 10.1. The molecule has 0 bridgehead atoms. The molecule has 1 atom stereocenters. The van der Waals surface area contributed by atoms with Crippen molar-refractivity contribution in [1.82, 2.24) is 20.4 Å². The third kappa shape index (κ3) is 3.27. The van der Waals surface area contributed by atoms with Gasteiger partial charge in [-0.2, -0.15) is 0 Å². The van der Waals surface area contributed by atoms with Gasteiger partial charge in [-0.05, 0) is 6.42 Å². The summed E-state index contributed by atoms with van der Waals surface area (Å²) in [5, 5.41) is 5.84. The van der Waals surface area contributed by atoms with Gasteiger partial charge in [0.25, 0.3) is 5.91 Å². The largest absolute Gasteiger partial charge is 0.340 e. The highest BCUT2D eigenvalue weighted by Crippen LogP contribution is 2.12. The highest BCUT2D eigenvalue weighted by molar-refractivity contribution is 6.04. The number of nitrogens with zero attached hydrogens (tertiary/aromatic N) is 2. The molecule has 0 radical (unpaired) electrons. The van der Waals surface area contributed by atoms with Gasteiger partial charge in [-0.3, -0.25) is 14.5 Å². The van der Waals surface area contributed by atoms with Gasteiger partial charge in [-0.15, -0.1) is 0 Å². The molecule has 20 heavy (non-hydrogen) atoms. The summed E-state index contributed by atoms with van der Waals surface area (Å²) in [7, 11) is 0. The Balaban J connectivity index is 1.82. The molecule has 0 saturated carbocycles. The van der Waals surface area contributed by atoms with Crippen molar-refractivity contribution >= 4 is 17.8 Å². The molecule has 1 unspecified atom stereocenters. The van der Waals surface area contributed by atoms with Crippen LogP contribution < -0.4 is 10.6 Å². The number of carbonyl (C=O) groups is 3. The first-order valence-corrected chi connectivity index (χ1v) is 7.24. The third-order valence-electron chi connectivity index (χ3n) is 3.70. The first-order chi connectivity index (χ1) is 9.63. The number of amides is 4. The maximum atomic E-state index is 12.0. The van der Waals surface area contributed by atoms with Gasteiger partial charge in [-0.25, -0.2) is 4.79 Å². The number of imide groups is 1. The molecule has 0 aromatic rings. The van der Waals surface area contributed by atoms with Crippen LogP contribution in [0, 0.1) is 0 Å². The minimum atomic E-state index is -0.415. The van der Waals surface area contributed by atoms with Crippen LogP contribution >= 0.6 is 0 Å². The Kier molecular flexibility index (Phi) is 4.94. The van der Waals surface area contributed by atoms with Crippen LogP contribution in [0.1, 0.15) is 26.2 Å². The van der Waals surface area contributed by atoms with Crippen molar-refractivity contribution in [3.63, 3.8) is 0 Å². The van der Waals surface area contributed by atoms with Crippen LogP contribution in [0.4, 0.5) is 4.79 Å². The van der Waals surface area contributed by atoms with Crippen molar-refractivity contribution in [2.45, 2.75) is 32.2 Å². The van der Waals surface area contributed by atoms with Crippen LogP contribution in [0.3, 0.4) is 0 Å². The van der Waals surface area contributed by atoms with Crippen LogP contribution in [0.5, 0.6) is 0 Å². The van der Waals surface area contributed by atoms with E-state index in [-0.39, 0.29) is 30.8 Å². The predicted molar refractivity (Wildman–Crippen MR) is 73.0 cm³/mol. The standard InChI is InChI=1S/C13H22N4O3/c1-2-3-10-12(19)17(13(20)15-10)7-4-11(18)16-8-5-14-6-9-16/h10,14H,2-9H2,1H3,(H,15,20). The lowest BCUT2D eigenvalue weighted by Gasteiger charge is -2.27. The van der Waals surface area contributed by atoms with Gasteiger partial charge in [0.2, 0.25) is 5.91 Å². The second-order valence-corrected chi connectivity index (χ2v) is 5.16. The van der Waals surface area contributed by atoms with Gasteiger partial charge in [-0.1, -0.05) is 13.3 Å². The Morgan fingerprint density at radius 3 is 2.65 bits per heavy atom. The van der Waals surface area contributed by atoms with Crippen LogP contribution in [-0.2, 0) is 9.59 Å². The molecule has 4 amide bonds. The Morgan fingerprint density at radius 1 is 1.30 bits per heavy atom. The molecule has 2 heterocycles. The second-order valence-electron chi connectivity index (χ2n) is 5.16. The molecule has 2 aliphatic rings. The summed E-state index contributed by atoms with van der Waals surface area (Å²) in [5.41, 5.74) is 0. The maximum Gasteiger partial charge on any atom is 0.324 e. The highest BCUT2D eigenvalue weighted by atomic mass is 16.2. The van der Waals surface area contributed by atoms with Gasteiger partial charge in [0, 0.05) is 39.1 Å². The smallest absolute Gasteiger partial charge is 0.324 e. The lowest BCUT2D eigenvalue weighted by Crippen LogP contribution is -2.47. The van der Waals surface area contributed by atoms with E-state index in [1.807, 2.05) is 6.92 Å². The third-order valence-corrected chi connectivity index (χ3v) is 3.70. The van der Waals surface area contributed by atoms with E-state index in [1.54, 1.807) is 4.90 Å². The summed E-state index contributed by atoms with van der Waals surface area (Å²) in [6.07, 6.45) is 1.69. The van der Waals surface area contributed by atoms with Crippen molar-refractivity contribution in [2.75, 3.05) is 32.7 Å². The summed E-state index contributed by atoms with van der Waals surface area (Å²) >= 11 is 0. The summed E-state index contributed by atoms with van der Waals surface area (Å²) in [6, 6.07) is -0.789. The first kappa shape index (κ1) is 14.8. The number of carbonyl (C=O) groups excluding carboxylic acids is 3. The minimum Gasteiger partial charge on any atom is -0.340 e. The molecule has 0 aliphatic carbocycles. The molecular formula is C13H22N4O3. The summed E-state index contributed by atoms with van der Waals surface area (Å²) in [5.74, 6) is -0.198. The fourth-order valence-corrected chi connectivity index (χ4v) is 2.55. The maximum absolute atomic E-state index is 12.0. The van der Waals surface area contributed by atoms with E-state index in [0.29, 0.717) is 19.5 Å². The number of piperazine rings is 1. The SMILES string of the molecule is CCCC1NC(=O)N(CCC(=O)N2CCNCC2)C1=O. The number of hydrogen-bond acceptors (Lipinski definition) is 4. The predicted octanol–water partition coefficient (Wildman–Crippen LogP) is -0.471. The van der Waals surface area contributed by atoms with E-state index >= 15 is 0 Å². The Morgan fingerprint density at radius 2 is 2.00 bits per heavy atom. The van der Waals surface area contributed by atoms with Crippen molar-refractivity contribution in [1.29, 1.82) is 0 Å². The van der Waals surface area contributed by atoms with Crippen LogP contribution in [0.25, 0.3) is 0 Å². The van der Waals surface area contributed by atoms with Crippen LogP contribution in [0.15, 0.2) is 0 Å². The zero-order chi connectivity index (χ0) is 14.5. The van der Waals surface area contributed by atoms with Crippen molar-refractivity contribution in [3.05, 3.63) is 0 Å². The van der Waals surface area contributed by atoms with E-state index in [2.05, 4.69) is 10.6 Å². The molecule has 2 rings (SSSR count). The molecule has 112 valence electrons. The Hall–Kier alpha value is -1.63. The van der Waals surface area contributed by atoms with Crippen molar-refractivity contribution in [3.8, 4) is 0 Å². The monoisotopic (exact) mass is 282 g/mol. The minimum absolute atomic E-state index is 0.00559. The first-order valence-electron chi connectivity index (χ1n) is 7.24. The molecule has 0 spiro atoms. The molecule has 2 N–H and O–H groups in total. The topological polar surface area (TPSA) is 81.8 Å². The summed E-state index contributed by atoms with van der Waals surface area (Å²) < 4.78 is 0. The zero-order valence-electron chi connectivity index (χ0n) is 11.9. The number of hydrogen-bond donors (Lipinski definition) is 2. The number of rotatable bonds is 5. The quantitative estimate of drug-likeness (QED) is 0.668. The second kappa shape index (κ2) is 6.69. The van der Waals surface area contributed by atoms with Gasteiger partial charge in [0.15, 0.2) is 0 Å². The Labute approximate surface area is 118 Å². The van der Waals surface area contributed by atoms with Crippen molar-refractivity contribution < 1.29 is 14.4 Å². The van der Waals surface area contributed by atoms with E-state index in [0.717, 1.165) is 19.5 Å². The fraction of sp³-hybridized carbons (Fsp3) is 0.769. The van der Waals surface area contributed by atoms with Crippen LogP contribution in [-0.4, -0.2) is 66.4 Å². The van der Waals surface area contributed by atoms with Gasteiger partial charge in [0.05, 0.1) is 0 Å². The molecule has 0 aromatic carbocycles. The Bertz CT molecular complexity index is 393. The van der Waals surface area contributed by atoms with Gasteiger partial charge >= 0.3 is 6.03 Å². The number of urea groups is 1. The molecule has 2 aliphatic heterocycles. The fourth-order valence-electron chi connectivity index (χ4n) is 2.55. The van der Waals surface area contributed by atoms with E-state index in [1.165, 1.54) is 4.90 Å². The molecule has 2 saturated heterocycles.